The Bertz CT molecular complexity index is 1220. The number of anilines is 1. The van der Waals surface area contributed by atoms with Crippen molar-refractivity contribution in [1.82, 2.24) is 4.98 Å². The summed E-state index contributed by atoms with van der Waals surface area (Å²) in [6.07, 6.45) is 0. The molecular formula is C20H15ClN2O3S2. The molecule has 28 heavy (non-hydrogen) atoms. The number of halogens is 1. The number of nitrogens with one attached hydrogen (secondary N) is 1. The number of thioether (sulfide) groups is 1. The van der Waals surface area contributed by atoms with Crippen LogP contribution in [-0.4, -0.2) is 13.4 Å². The van der Waals surface area contributed by atoms with E-state index >= 15 is 0 Å². The lowest BCUT2D eigenvalue weighted by Crippen LogP contribution is -2.12. The molecule has 142 valence electrons. The van der Waals surface area contributed by atoms with Gasteiger partial charge in [0.25, 0.3) is 15.2 Å². The van der Waals surface area contributed by atoms with Crippen LogP contribution in [0.3, 0.4) is 0 Å². The highest BCUT2D eigenvalue weighted by Gasteiger charge is 2.17. The van der Waals surface area contributed by atoms with E-state index in [0.717, 1.165) is 11.3 Å². The fraction of sp³-hybridized carbons (Fsp3) is 0.0500. The quantitative estimate of drug-likeness (QED) is 0.404. The normalized spacial score (nSPS) is 11.6. The van der Waals surface area contributed by atoms with Gasteiger partial charge in [0, 0.05) is 10.8 Å². The third kappa shape index (κ3) is 4.32. The van der Waals surface area contributed by atoms with E-state index in [0.29, 0.717) is 27.0 Å². The van der Waals surface area contributed by atoms with Gasteiger partial charge < -0.3 is 4.42 Å². The average Bonchev–Trinajstić information content (AvgIpc) is 3.09. The van der Waals surface area contributed by atoms with Gasteiger partial charge in [0.1, 0.15) is 5.52 Å². The highest BCUT2D eigenvalue weighted by molar-refractivity contribution is 7.98. The fourth-order valence-corrected chi connectivity index (χ4v) is 4.65. The second-order valence-electron chi connectivity index (χ2n) is 6.00. The maximum absolute atomic E-state index is 12.7. The first kappa shape index (κ1) is 18.9. The topological polar surface area (TPSA) is 72.2 Å². The molecule has 0 atom stereocenters. The van der Waals surface area contributed by atoms with Crippen LogP contribution in [0.2, 0.25) is 5.02 Å². The molecule has 4 rings (SSSR count). The van der Waals surface area contributed by atoms with Crippen molar-refractivity contribution in [2.75, 3.05) is 4.72 Å². The van der Waals surface area contributed by atoms with Gasteiger partial charge in [-0.25, -0.2) is 13.4 Å². The van der Waals surface area contributed by atoms with E-state index in [1.54, 1.807) is 30.3 Å². The maximum atomic E-state index is 12.7. The zero-order chi connectivity index (χ0) is 19.6. The second-order valence-corrected chi connectivity index (χ2v) is 9.04. The van der Waals surface area contributed by atoms with Crippen molar-refractivity contribution in [3.05, 3.63) is 83.4 Å². The summed E-state index contributed by atoms with van der Waals surface area (Å²) < 4.78 is 33.5. The molecule has 0 fully saturated rings. The zero-order valence-corrected chi connectivity index (χ0v) is 16.9. The Morgan fingerprint density at radius 2 is 1.82 bits per heavy atom. The number of sulfonamides is 1. The average molecular weight is 431 g/mol. The van der Waals surface area contributed by atoms with Crippen molar-refractivity contribution in [2.45, 2.75) is 15.9 Å². The van der Waals surface area contributed by atoms with E-state index in [1.165, 1.54) is 23.9 Å². The summed E-state index contributed by atoms with van der Waals surface area (Å²) in [5, 5.41) is 0.948. The number of fused-ring (bicyclic) bond motifs is 1. The SMILES string of the molecule is O=S(=O)(Nc1cccc(Cl)c1)c1ccc2oc(SCc3ccccc3)nc2c1. The Morgan fingerprint density at radius 3 is 2.61 bits per heavy atom. The van der Waals surface area contributed by atoms with Crippen LogP contribution in [0.25, 0.3) is 11.1 Å². The van der Waals surface area contributed by atoms with E-state index in [4.69, 9.17) is 16.0 Å². The summed E-state index contributed by atoms with van der Waals surface area (Å²) in [5.41, 5.74) is 2.58. The third-order valence-corrected chi connectivity index (χ3v) is 6.44. The Balaban J connectivity index is 1.55. The first-order chi connectivity index (χ1) is 13.5. The monoisotopic (exact) mass is 430 g/mol. The Kier molecular flexibility index (Phi) is 5.30. The number of aromatic nitrogens is 1. The van der Waals surface area contributed by atoms with Gasteiger partial charge in [-0.05, 0) is 42.0 Å². The van der Waals surface area contributed by atoms with Gasteiger partial charge in [0.2, 0.25) is 0 Å². The van der Waals surface area contributed by atoms with Crippen LogP contribution in [0, 0.1) is 0 Å². The largest absolute Gasteiger partial charge is 0.431 e. The molecule has 0 spiro atoms. The zero-order valence-electron chi connectivity index (χ0n) is 14.5. The molecule has 0 saturated heterocycles. The van der Waals surface area contributed by atoms with Gasteiger partial charge in [0.05, 0.1) is 10.6 Å². The van der Waals surface area contributed by atoms with Gasteiger partial charge in [-0.15, -0.1) is 0 Å². The Morgan fingerprint density at radius 1 is 1.00 bits per heavy atom. The first-order valence-electron chi connectivity index (χ1n) is 8.35. The molecule has 5 nitrogen and oxygen atoms in total. The van der Waals surface area contributed by atoms with Crippen LogP contribution < -0.4 is 4.72 Å². The molecule has 0 aliphatic carbocycles. The molecule has 8 heteroatoms. The highest BCUT2D eigenvalue weighted by atomic mass is 35.5. The predicted molar refractivity (Wildman–Crippen MR) is 112 cm³/mol. The minimum absolute atomic E-state index is 0.105. The number of rotatable bonds is 6. The summed E-state index contributed by atoms with van der Waals surface area (Å²) >= 11 is 7.37. The van der Waals surface area contributed by atoms with Crippen LogP contribution in [0.15, 0.2) is 87.3 Å². The molecule has 3 aromatic carbocycles. The molecule has 1 aromatic heterocycles. The smallest absolute Gasteiger partial charge is 0.261 e. The van der Waals surface area contributed by atoms with Crippen molar-refractivity contribution in [3.8, 4) is 0 Å². The molecule has 1 heterocycles. The minimum Gasteiger partial charge on any atom is -0.431 e. The fourth-order valence-electron chi connectivity index (χ4n) is 2.60. The van der Waals surface area contributed by atoms with E-state index in [2.05, 4.69) is 9.71 Å². The van der Waals surface area contributed by atoms with Crippen LogP contribution in [0.1, 0.15) is 5.56 Å². The number of nitrogens with zero attached hydrogens (tertiary/aromatic N) is 1. The highest BCUT2D eigenvalue weighted by Crippen LogP contribution is 2.28. The molecular weight excluding hydrogens is 416 g/mol. The summed E-state index contributed by atoms with van der Waals surface area (Å²) in [4.78, 5) is 4.51. The van der Waals surface area contributed by atoms with E-state index in [-0.39, 0.29) is 4.90 Å². The molecule has 0 unspecified atom stereocenters. The molecule has 4 aromatic rings. The Hall–Kier alpha value is -2.48. The van der Waals surface area contributed by atoms with Crippen LogP contribution in [0.5, 0.6) is 0 Å². The molecule has 0 amide bonds. The molecule has 0 aliphatic heterocycles. The van der Waals surface area contributed by atoms with Gasteiger partial charge in [-0.3, -0.25) is 4.72 Å². The number of benzene rings is 3. The molecule has 0 saturated carbocycles. The van der Waals surface area contributed by atoms with Crippen LogP contribution in [-0.2, 0) is 15.8 Å². The summed E-state index contributed by atoms with van der Waals surface area (Å²) in [6, 6.07) is 21.1. The van der Waals surface area contributed by atoms with E-state index in [9.17, 15) is 8.42 Å². The number of hydrogen-bond acceptors (Lipinski definition) is 5. The molecule has 0 aliphatic rings. The molecule has 0 radical (unpaired) electrons. The van der Waals surface area contributed by atoms with Crippen molar-refractivity contribution in [3.63, 3.8) is 0 Å². The summed E-state index contributed by atoms with van der Waals surface area (Å²) in [6.45, 7) is 0. The molecule has 0 bridgehead atoms. The van der Waals surface area contributed by atoms with Gasteiger partial charge in [-0.1, -0.05) is 59.8 Å². The minimum atomic E-state index is -3.76. The van der Waals surface area contributed by atoms with Crippen molar-refractivity contribution in [2.24, 2.45) is 0 Å². The van der Waals surface area contributed by atoms with Gasteiger partial charge in [0.15, 0.2) is 5.58 Å². The standard InChI is InChI=1S/C20H15ClN2O3S2/c21-15-7-4-8-16(11-15)23-28(24,25)17-9-10-19-18(12-17)22-20(26-19)27-13-14-5-2-1-3-6-14/h1-12,23H,13H2. The summed E-state index contributed by atoms with van der Waals surface area (Å²) in [5.74, 6) is 0.717. The van der Waals surface area contributed by atoms with Gasteiger partial charge >= 0.3 is 0 Å². The number of hydrogen-bond donors (Lipinski definition) is 1. The van der Waals surface area contributed by atoms with Crippen molar-refractivity contribution >= 4 is 50.2 Å². The van der Waals surface area contributed by atoms with Crippen LogP contribution >= 0.6 is 23.4 Å². The first-order valence-corrected chi connectivity index (χ1v) is 11.2. The summed E-state index contributed by atoms with van der Waals surface area (Å²) in [7, 11) is -3.76. The van der Waals surface area contributed by atoms with Crippen molar-refractivity contribution in [1.29, 1.82) is 0 Å². The third-order valence-electron chi connectivity index (χ3n) is 3.93. The van der Waals surface area contributed by atoms with Gasteiger partial charge in [-0.2, -0.15) is 0 Å². The lowest BCUT2D eigenvalue weighted by molar-refractivity contribution is 0.489. The van der Waals surface area contributed by atoms with Crippen molar-refractivity contribution < 1.29 is 12.8 Å². The number of oxazole rings is 1. The molecule has 1 N–H and O–H groups in total. The van der Waals surface area contributed by atoms with E-state index < -0.39 is 10.0 Å². The second kappa shape index (κ2) is 7.87. The van der Waals surface area contributed by atoms with Crippen LogP contribution in [0.4, 0.5) is 5.69 Å². The lowest BCUT2D eigenvalue weighted by atomic mass is 10.2. The Labute approximate surface area is 171 Å². The lowest BCUT2D eigenvalue weighted by Gasteiger charge is -2.08. The van der Waals surface area contributed by atoms with E-state index in [1.807, 2.05) is 30.3 Å². The maximum Gasteiger partial charge on any atom is 0.261 e. The predicted octanol–water partition coefficient (Wildman–Crippen LogP) is 5.57.